The predicted molar refractivity (Wildman–Crippen MR) is 122 cm³/mol. The first-order valence-corrected chi connectivity index (χ1v) is 12.1. The summed E-state index contributed by atoms with van der Waals surface area (Å²) in [6.07, 6.45) is 3.57. The second kappa shape index (κ2) is 10.8. The van der Waals surface area contributed by atoms with Crippen LogP contribution in [-0.2, 0) is 14.8 Å². The van der Waals surface area contributed by atoms with Crippen LogP contribution < -0.4 is 14.8 Å². The Hall–Kier alpha value is -2.89. The van der Waals surface area contributed by atoms with E-state index in [2.05, 4.69) is 5.32 Å². The Balaban J connectivity index is 1.72. The number of nitrogens with one attached hydrogen (secondary N) is 1. The van der Waals surface area contributed by atoms with Crippen LogP contribution in [0.4, 0.5) is 11.4 Å². The first-order chi connectivity index (χ1) is 15.7. The molecule has 33 heavy (non-hydrogen) atoms. The van der Waals surface area contributed by atoms with Crippen LogP contribution in [0.3, 0.4) is 0 Å². The Labute approximate surface area is 196 Å². The highest BCUT2D eigenvalue weighted by Gasteiger charge is 2.26. The molecule has 0 saturated carbocycles. The summed E-state index contributed by atoms with van der Waals surface area (Å²) in [6.45, 7) is 0.342. The van der Waals surface area contributed by atoms with E-state index in [-0.39, 0.29) is 32.8 Å². The standard InChI is InChI=1S/C21H24ClN3O7S/c1-31-15-6-9-20(19(12-15)25(27)28)32-14-21(26)23-18-13-16(7-8-17(18)22)33(29,30)24-10-4-2-3-5-11-24/h6-9,12-13H,2-5,10-11,14H2,1H3,(H,23,26). The van der Waals surface area contributed by atoms with Gasteiger partial charge in [-0.05, 0) is 43.2 Å². The molecule has 3 rings (SSSR count). The molecule has 1 amide bonds. The summed E-state index contributed by atoms with van der Waals surface area (Å²) in [5.74, 6) is -0.501. The molecule has 2 aromatic carbocycles. The van der Waals surface area contributed by atoms with Gasteiger partial charge in [0, 0.05) is 13.1 Å². The summed E-state index contributed by atoms with van der Waals surface area (Å²) < 4.78 is 37.8. The van der Waals surface area contributed by atoms with Gasteiger partial charge >= 0.3 is 5.69 Å². The third-order valence-corrected chi connectivity index (χ3v) is 7.36. The van der Waals surface area contributed by atoms with Crippen molar-refractivity contribution in [2.45, 2.75) is 30.6 Å². The summed E-state index contributed by atoms with van der Waals surface area (Å²) in [4.78, 5) is 23.0. The zero-order chi connectivity index (χ0) is 24.0. The van der Waals surface area contributed by atoms with E-state index in [1.54, 1.807) is 0 Å². The average molecular weight is 498 g/mol. The minimum atomic E-state index is -3.73. The first kappa shape index (κ1) is 24.7. The van der Waals surface area contributed by atoms with Crippen LogP contribution >= 0.6 is 11.6 Å². The Morgan fingerprint density at radius 1 is 1.15 bits per heavy atom. The van der Waals surface area contributed by atoms with E-state index < -0.39 is 27.5 Å². The van der Waals surface area contributed by atoms with Crippen LogP contribution in [0, 0.1) is 10.1 Å². The summed E-state index contributed by atoms with van der Waals surface area (Å²) in [6, 6.07) is 8.07. The summed E-state index contributed by atoms with van der Waals surface area (Å²) in [5.41, 5.74) is -0.254. The molecular weight excluding hydrogens is 474 g/mol. The normalized spacial score (nSPS) is 14.8. The number of rotatable bonds is 8. The van der Waals surface area contributed by atoms with Crippen LogP contribution in [-0.4, -0.2) is 50.4 Å². The fourth-order valence-corrected chi connectivity index (χ4v) is 5.12. The van der Waals surface area contributed by atoms with Gasteiger partial charge in [0.15, 0.2) is 12.4 Å². The smallest absolute Gasteiger partial charge is 0.314 e. The second-order valence-electron chi connectivity index (χ2n) is 7.39. The van der Waals surface area contributed by atoms with Gasteiger partial charge in [-0.1, -0.05) is 24.4 Å². The third-order valence-electron chi connectivity index (χ3n) is 5.14. The minimum Gasteiger partial charge on any atom is -0.496 e. The molecule has 0 bridgehead atoms. The van der Waals surface area contributed by atoms with E-state index in [4.69, 9.17) is 21.1 Å². The highest BCUT2D eigenvalue weighted by molar-refractivity contribution is 7.89. The lowest BCUT2D eigenvalue weighted by Crippen LogP contribution is -2.32. The fraction of sp³-hybridized carbons (Fsp3) is 0.381. The van der Waals surface area contributed by atoms with Crippen LogP contribution in [0.1, 0.15) is 25.7 Å². The van der Waals surface area contributed by atoms with Gasteiger partial charge in [-0.25, -0.2) is 8.42 Å². The SMILES string of the molecule is COc1ccc(OCC(=O)Nc2cc(S(=O)(=O)N3CCCCCC3)ccc2Cl)c([N+](=O)[O-])c1. The summed E-state index contributed by atoms with van der Waals surface area (Å²) >= 11 is 6.15. The fourth-order valence-electron chi connectivity index (χ4n) is 3.41. The zero-order valence-corrected chi connectivity index (χ0v) is 19.5. The average Bonchev–Trinajstić information content (AvgIpc) is 3.09. The number of carbonyl (C=O) groups excluding carboxylic acids is 1. The van der Waals surface area contributed by atoms with Crippen molar-refractivity contribution >= 4 is 38.9 Å². The van der Waals surface area contributed by atoms with Gasteiger partial charge in [-0.2, -0.15) is 4.31 Å². The molecule has 1 aliphatic heterocycles. The van der Waals surface area contributed by atoms with E-state index in [0.717, 1.165) is 25.7 Å². The van der Waals surface area contributed by atoms with Crippen LogP contribution in [0.5, 0.6) is 11.5 Å². The largest absolute Gasteiger partial charge is 0.496 e. The first-order valence-electron chi connectivity index (χ1n) is 10.3. The van der Waals surface area contributed by atoms with Crippen molar-refractivity contribution < 1.29 is 27.6 Å². The molecule has 0 radical (unpaired) electrons. The topological polar surface area (TPSA) is 128 Å². The van der Waals surface area contributed by atoms with Crippen molar-refractivity contribution in [3.63, 3.8) is 0 Å². The lowest BCUT2D eigenvalue weighted by Gasteiger charge is -2.20. The van der Waals surface area contributed by atoms with Crippen molar-refractivity contribution in [3.05, 3.63) is 51.5 Å². The number of nitrogens with zero attached hydrogens (tertiary/aromatic N) is 2. The van der Waals surface area contributed by atoms with Gasteiger partial charge in [0.05, 0.1) is 33.7 Å². The van der Waals surface area contributed by atoms with E-state index in [1.807, 2.05) is 0 Å². The van der Waals surface area contributed by atoms with Crippen LogP contribution in [0.15, 0.2) is 41.3 Å². The Morgan fingerprint density at radius 3 is 2.48 bits per heavy atom. The Morgan fingerprint density at radius 2 is 1.85 bits per heavy atom. The molecule has 0 aromatic heterocycles. The van der Waals surface area contributed by atoms with Crippen molar-refractivity contribution in [2.75, 3.05) is 32.1 Å². The number of hydrogen-bond acceptors (Lipinski definition) is 7. The van der Waals surface area contributed by atoms with Crippen molar-refractivity contribution in [1.29, 1.82) is 0 Å². The van der Waals surface area contributed by atoms with Crippen LogP contribution in [0.2, 0.25) is 5.02 Å². The molecule has 1 fully saturated rings. The van der Waals surface area contributed by atoms with Gasteiger partial charge in [0.1, 0.15) is 5.75 Å². The Bertz CT molecular complexity index is 1130. The molecule has 1 saturated heterocycles. The van der Waals surface area contributed by atoms with Gasteiger partial charge in [0.2, 0.25) is 10.0 Å². The lowest BCUT2D eigenvalue weighted by atomic mass is 10.2. The maximum absolute atomic E-state index is 13.0. The highest BCUT2D eigenvalue weighted by atomic mass is 35.5. The molecule has 178 valence electrons. The lowest BCUT2D eigenvalue weighted by molar-refractivity contribution is -0.385. The maximum Gasteiger partial charge on any atom is 0.314 e. The second-order valence-corrected chi connectivity index (χ2v) is 9.73. The number of carbonyl (C=O) groups is 1. The van der Waals surface area contributed by atoms with E-state index in [0.29, 0.717) is 13.1 Å². The quantitative estimate of drug-likeness (QED) is 0.433. The predicted octanol–water partition coefficient (Wildman–Crippen LogP) is 3.84. The molecular formula is C21H24ClN3O7S. The molecule has 1 aliphatic rings. The number of halogens is 1. The summed E-state index contributed by atoms with van der Waals surface area (Å²) in [7, 11) is -2.36. The third kappa shape index (κ3) is 6.12. The number of nitro groups is 1. The molecule has 10 nitrogen and oxygen atoms in total. The molecule has 0 spiro atoms. The van der Waals surface area contributed by atoms with Crippen LogP contribution in [0.25, 0.3) is 0 Å². The number of benzene rings is 2. The molecule has 1 N–H and O–H groups in total. The molecule has 0 aliphatic carbocycles. The van der Waals surface area contributed by atoms with Crippen molar-refractivity contribution in [1.82, 2.24) is 4.31 Å². The maximum atomic E-state index is 13.0. The molecule has 2 aromatic rings. The minimum absolute atomic E-state index is 0.0239. The van der Waals surface area contributed by atoms with Gasteiger partial charge in [-0.15, -0.1) is 0 Å². The number of methoxy groups -OCH3 is 1. The van der Waals surface area contributed by atoms with Crippen molar-refractivity contribution in [2.24, 2.45) is 0 Å². The molecule has 0 atom stereocenters. The Kier molecular flexibility index (Phi) is 8.11. The van der Waals surface area contributed by atoms with E-state index in [9.17, 15) is 23.3 Å². The van der Waals surface area contributed by atoms with E-state index in [1.165, 1.54) is 47.8 Å². The number of sulfonamides is 1. The molecule has 12 heteroatoms. The van der Waals surface area contributed by atoms with Gasteiger partial charge < -0.3 is 14.8 Å². The highest BCUT2D eigenvalue weighted by Crippen LogP contribution is 2.31. The monoisotopic (exact) mass is 497 g/mol. The number of nitro benzene ring substituents is 1. The zero-order valence-electron chi connectivity index (χ0n) is 18.0. The molecule has 0 unspecified atom stereocenters. The number of amides is 1. The van der Waals surface area contributed by atoms with E-state index >= 15 is 0 Å². The molecule has 1 heterocycles. The number of ether oxygens (including phenoxy) is 2. The number of hydrogen-bond donors (Lipinski definition) is 1. The summed E-state index contributed by atoms with van der Waals surface area (Å²) in [5, 5.41) is 13.9. The van der Waals surface area contributed by atoms with Crippen molar-refractivity contribution in [3.8, 4) is 11.5 Å². The van der Waals surface area contributed by atoms with Gasteiger partial charge in [-0.3, -0.25) is 14.9 Å². The van der Waals surface area contributed by atoms with Gasteiger partial charge in [0.25, 0.3) is 5.91 Å². The number of anilines is 1.